The lowest BCUT2D eigenvalue weighted by Gasteiger charge is -2.19. The highest BCUT2D eigenvalue weighted by molar-refractivity contribution is 6.30. The third-order valence-electron chi connectivity index (χ3n) is 4.60. The van der Waals surface area contributed by atoms with E-state index in [9.17, 15) is 9.59 Å². The number of methoxy groups -OCH3 is 2. The van der Waals surface area contributed by atoms with E-state index in [1.54, 1.807) is 42.3 Å². The summed E-state index contributed by atoms with van der Waals surface area (Å²) in [5, 5.41) is 3.47. The first-order valence-electron chi connectivity index (χ1n) is 8.52. The summed E-state index contributed by atoms with van der Waals surface area (Å²) in [6, 6.07) is 10.5. The maximum absolute atomic E-state index is 12.6. The van der Waals surface area contributed by atoms with Gasteiger partial charge in [0, 0.05) is 35.4 Å². The van der Waals surface area contributed by atoms with Gasteiger partial charge in [-0.05, 0) is 42.8 Å². The summed E-state index contributed by atoms with van der Waals surface area (Å²) >= 11 is 5.99. The minimum Gasteiger partial charge on any atom is -0.493 e. The number of ether oxygens (including phenoxy) is 2. The molecule has 1 saturated heterocycles. The van der Waals surface area contributed by atoms with Crippen molar-refractivity contribution in [3.63, 3.8) is 0 Å². The molecule has 1 unspecified atom stereocenters. The number of nitrogens with one attached hydrogen (secondary N) is 1. The summed E-state index contributed by atoms with van der Waals surface area (Å²) in [6.07, 6.45) is 0.168. The van der Waals surface area contributed by atoms with Gasteiger partial charge in [0.15, 0.2) is 11.5 Å². The zero-order chi connectivity index (χ0) is 19.6. The van der Waals surface area contributed by atoms with Crippen LogP contribution >= 0.6 is 11.6 Å². The fourth-order valence-corrected chi connectivity index (χ4v) is 3.42. The lowest BCUT2D eigenvalue weighted by Crippen LogP contribution is -2.28. The molecule has 1 fully saturated rings. The average molecular weight is 389 g/mol. The minimum absolute atomic E-state index is 0.0760. The van der Waals surface area contributed by atoms with Crippen molar-refractivity contribution in [2.75, 3.05) is 31.0 Å². The second kappa shape index (κ2) is 7.88. The topological polar surface area (TPSA) is 67.9 Å². The normalized spacial score (nSPS) is 16.4. The van der Waals surface area contributed by atoms with Gasteiger partial charge in [0.05, 0.1) is 20.1 Å². The molecule has 1 aliphatic rings. The minimum atomic E-state index is -0.430. The van der Waals surface area contributed by atoms with E-state index in [1.807, 2.05) is 13.0 Å². The molecule has 1 aliphatic heterocycles. The highest BCUT2D eigenvalue weighted by Crippen LogP contribution is 2.32. The van der Waals surface area contributed by atoms with Crippen LogP contribution in [0, 0.1) is 12.8 Å². The lowest BCUT2D eigenvalue weighted by atomic mass is 10.1. The molecule has 0 aliphatic carbocycles. The average Bonchev–Trinajstić information content (AvgIpc) is 3.03. The predicted octanol–water partition coefficient (Wildman–Crippen LogP) is 3.66. The Kier molecular flexibility index (Phi) is 5.56. The van der Waals surface area contributed by atoms with Crippen molar-refractivity contribution in [2.45, 2.75) is 13.3 Å². The van der Waals surface area contributed by atoms with E-state index in [1.165, 1.54) is 7.11 Å². The number of amides is 2. The Morgan fingerprint density at radius 3 is 2.56 bits per heavy atom. The van der Waals surface area contributed by atoms with Gasteiger partial charge in [-0.2, -0.15) is 0 Å². The van der Waals surface area contributed by atoms with Crippen molar-refractivity contribution in [1.82, 2.24) is 0 Å². The third-order valence-corrected chi connectivity index (χ3v) is 4.83. The van der Waals surface area contributed by atoms with Gasteiger partial charge in [-0.25, -0.2) is 0 Å². The van der Waals surface area contributed by atoms with E-state index in [0.717, 1.165) is 11.3 Å². The van der Waals surface area contributed by atoms with Crippen molar-refractivity contribution in [1.29, 1.82) is 0 Å². The van der Waals surface area contributed by atoms with Crippen molar-refractivity contribution in [2.24, 2.45) is 5.92 Å². The van der Waals surface area contributed by atoms with E-state index >= 15 is 0 Å². The van der Waals surface area contributed by atoms with Crippen LogP contribution in [0.15, 0.2) is 36.4 Å². The summed E-state index contributed by atoms with van der Waals surface area (Å²) in [4.78, 5) is 26.7. The number of hydrogen-bond acceptors (Lipinski definition) is 4. The fourth-order valence-electron chi connectivity index (χ4n) is 3.20. The van der Waals surface area contributed by atoms with Crippen molar-refractivity contribution in [3.8, 4) is 11.5 Å². The second-order valence-corrected chi connectivity index (χ2v) is 6.83. The summed E-state index contributed by atoms with van der Waals surface area (Å²) < 4.78 is 10.4. The van der Waals surface area contributed by atoms with Crippen molar-refractivity contribution in [3.05, 3.63) is 47.0 Å². The van der Waals surface area contributed by atoms with Crippen LogP contribution in [0.5, 0.6) is 11.5 Å². The zero-order valence-corrected chi connectivity index (χ0v) is 16.2. The molecule has 0 bridgehead atoms. The van der Waals surface area contributed by atoms with E-state index in [2.05, 4.69) is 5.32 Å². The number of carbonyl (C=O) groups is 2. The third kappa shape index (κ3) is 4.01. The fraction of sp³-hybridized carbons (Fsp3) is 0.300. The highest BCUT2D eigenvalue weighted by atomic mass is 35.5. The van der Waals surface area contributed by atoms with Gasteiger partial charge in [-0.3, -0.25) is 9.59 Å². The van der Waals surface area contributed by atoms with Gasteiger partial charge in [-0.1, -0.05) is 11.6 Å². The second-order valence-electron chi connectivity index (χ2n) is 6.40. The number of hydrogen-bond donors (Lipinski definition) is 1. The molecule has 1 atom stereocenters. The standard InChI is InChI=1S/C20H21ClN2O4/c1-12-8-14(21)4-6-16(12)23-11-13(9-19(23)24)20(25)22-15-5-7-17(26-2)18(10-15)27-3/h4-8,10,13H,9,11H2,1-3H3,(H,22,25). The van der Waals surface area contributed by atoms with E-state index in [0.29, 0.717) is 28.8 Å². The lowest BCUT2D eigenvalue weighted by molar-refractivity contribution is -0.122. The van der Waals surface area contributed by atoms with Crippen molar-refractivity contribution < 1.29 is 19.1 Å². The number of aryl methyl sites for hydroxylation is 1. The molecular weight excluding hydrogens is 368 g/mol. The molecule has 2 aromatic rings. The Labute approximate surface area is 163 Å². The maximum atomic E-state index is 12.6. The quantitative estimate of drug-likeness (QED) is 0.848. The predicted molar refractivity (Wildman–Crippen MR) is 105 cm³/mol. The highest BCUT2D eigenvalue weighted by Gasteiger charge is 2.35. The summed E-state index contributed by atoms with van der Waals surface area (Å²) in [7, 11) is 3.08. The van der Waals surface area contributed by atoms with Gasteiger partial charge in [0.25, 0.3) is 0 Å². The molecule has 27 heavy (non-hydrogen) atoms. The van der Waals surface area contributed by atoms with Gasteiger partial charge in [-0.15, -0.1) is 0 Å². The molecule has 0 radical (unpaired) electrons. The smallest absolute Gasteiger partial charge is 0.229 e. The molecular formula is C20H21ClN2O4. The molecule has 1 heterocycles. The Balaban J connectivity index is 1.72. The van der Waals surface area contributed by atoms with Crippen LogP contribution in [-0.4, -0.2) is 32.6 Å². The number of anilines is 2. The number of benzene rings is 2. The van der Waals surface area contributed by atoms with Crippen LogP contribution in [-0.2, 0) is 9.59 Å². The number of rotatable bonds is 5. The van der Waals surface area contributed by atoms with E-state index in [-0.39, 0.29) is 18.2 Å². The Bertz CT molecular complexity index is 884. The molecule has 3 rings (SSSR count). The van der Waals surface area contributed by atoms with Crippen LogP contribution < -0.4 is 19.7 Å². The summed E-state index contributed by atoms with van der Waals surface area (Å²) in [5.41, 5.74) is 2.27. The van der Waals surface area contributed by atoms with Crippen LogP contribution in [0.3, 0.4) is 0 Å². The van der Waals surface area contributed by atoms with Crippen LogP contribution in [0.4, 0.5) is 11.4 Å². The SMILES string of the molecule is COc1ccc(NC(=O)C2CC(=O)N(c3ccc(Cl)cc3C)C2)cc1OC. The number of nitrogens with zero attached hydrogens (tertiary/aromatic N) is 1. The van der Waals surface area contributed by atoms with Gasteiger partial charge >= 0.3 is 0 Å². The first-order valence-corrected chi connectivity index (χ1v) is 8.90. The van der Waals surface area contributed by atoms with Crippen LogP contribution in [0.2, 0.25) is 5.02 Å². The molecule has 0 aromatic heterocycles. The Morgan fingerprint density at radius 1 is 1.15 bits per heavy atom. The molecule has 2 aromatic carbocycles. The number of halogens is 1. The zero-order valence-electron chi connectivity index (χ0n) is 15.4. The molecule has 1 N–H and O–H groups in total. The van der Waals surface area contributed by atoms with Crippen LogP contribution in [0.1, 0.15) is 12.0 Å². The van der Waals surface area contributed by atoms with Gasteiger partial charge in [0.2, 0.25) is 11.8 Å². The molecule has 0 spiro atoms. The first-order chi connectivity index (χ1) is 12.9. The monoisotopic (exact) mass is 388 g/mol. The summed E-state index contributed by atoms with van der Waals surface area (Å²) in [6.45, 7) is 2.23. The van der Waals surface area contributed by atoms with Gasteiger partial charge < -0.3 is 19.7 Å². The molecule has 7 heteroatoms. The maximum Gasteiger partial charge on any atom is 0.229 e. The van der Waals surface area contributed by atoms with E-state index in [4.69, 9.17) is 21.1 Å². The van der Waals surface area contributed by atoms with Crippen molar-refractivity contribution >= 4 is 34.8 Å². The molecule has 0 saturated carbocycles. The largest absolute Gasteiger partial charge is 0.493 e. The molecule has 142 valence electrons. The first kappa shape index (κ1) is 19.0. The molecule has 6 nitrogen and oxygen atoms in total. The van der Waals surface area contributed by atoms with E-state index < -0.39 is 5.92 Å². The Morgan fingerprint density at radius 2 is 1.89 bits per heavy atom. The summed E-state index contributed by atoms with van der Waals surface area (Å²) in [5.74, 6) is 0.394. The molecule has 2 amide bonds. The van der Waals surface area contributed by atoms with Gasteiger partial charge in [0.1, 0.15) is 0 Å². The van der Waals surface area contributed by atoms with Crippen LogP contribution in [0.25, 0.3) is 0 Å². The number of carbonyl (C=O) groups excluding carboxylic acids is 2. The Hall–Kier alpha value is -2.73.